The Morgan fingerprint density at radius 2 is 1.50 bits per heavy atom. The summed E-state index contributed by atoms with van der Waals surface area (Å²) in [5, 5.41) is 1.000. The number of imide groups is 1. The number of carbonyl (C=O) groups excluding carboxylic acids is 2. The molecule has 1 aliphatic rings. The Balaban J connectivity index is 2.01. The maximum atomic E-state index is 12.5. The van der Waals surface area contributed by atoms with Crippen LogP contribution in [0.15, 0.2) is 51.7 Å². The van der Waals surface area contributed by atoms with E-state index in [-0.39, 0.29) is 27.2 Å². The number of rotatable bonds is 1. The fourth-order valence-corrected chi connectivity index (χ4v) is 2.75. The van der Waals surface area contributed by atoms with Crippen LogP contribution in [-0.2, 0) is 0 Å². The lowest BCUT2D eigenvalue weighted by Gasteiger charge is -2.13. The predicted octanol–water partition coefficient (Wildman–Crippen LogP) is 2.18. The van der Waals surface area contributed by atoms with E-state index in [0.717, 1.165) is 9.69 Å². The molecule has 0 unspecified atom stereocenters. The molecular weight excluding hydrogens is 308 g/mol. The summed E-state index contributed by atoms with van der Waals surface area (Å²) in [4.78, 5) is 37.0. The molecule has 0 spiro atoms. The topological polar surface area (TPSA) is 72.5 Å². The average Bonchev–Trinajstić information content (AvgIpc) is 2.97. The monoisotopic (exact) mass is 314 g/mol. The van der Waals surface area contributed by atoms with E-state index in [9.17, 15) is 14.4 Å². The molecular formula is C15H7ClN2O4. The van der Waals surface area contributed by atoms with Gasteiger partial charge < -0.3 is 4.42 Å². The summed E-state index contributed by atoms with van der Waals surface area (Å²) in [6, 6.07) is 11.1. The second-order valence-electron chi connectivity index (χ2n) is 4.74. The van der Waals surface area contributed by atoms with Crippen molar-refractivity contribution >= 4 is 34.5 Å². The van der Waals surface area contributed by atoms with Crippen LogP contribution < -0.4 is 10.8 Å². The largest absolute Gasteiger partial charge is 0.439 e. The Morgan fingerprint density at radius 3 is 2.14 bits per heavy atom. The van der Waals surface area contributed by atoms with Gasteiger partial charge >= 0.3 is 5.76 Å². The van der Waals surface area contributed by atoms with Crippen LogP contribution in [0.5, 0.6) is 0 Å². The highest BCUT2D eigenvalue weighted by Gasteiger charge is 2.39. The zero-order valence-electron chi connectivity index (χ0n) is 10.9. The maximum absolute atomic E-state index is 12.5. The fraction of sp³-hybridized carbons (Fsp3) is 0. The van der Waals surface area contributed by atoms with Crippen molar-refractivity contribution in [2.45, 2.75) is 0 Å². The number of amides is 2. The third kappa shape index (κ3) is 1.52. The first-order chi connectivity index (χ1) is 10.6. The van der Waals surface area contributed by atoms with Gasteiger partial charge in [-0.25, -0.2) is 4.79 Å². The van der Waals surface area contributed by atoms with Gasteiger partial charge in [-0.15, -0.1) is 0 Å². The van der Waals surface area contributed by atoms with Gasteiger partial charge in [0.15, 0.2) is 5.58 Å². The molecule has 4 rings (SSSR count). The minimum atomic E-state index is -0.849. The fourth-order valence-electron chi connectivity index (χ4n) is 2.54. The van der Waals surface area contributed by atoms with E-state index in [2.05, 4.69) is 0 Å². The number of halogens is 1. The molecule has 0 radical (unpaired) electrons. The van der Waals surface area contributed by atoms with E-state index in [1.807, 2.05) is 0 Å². The summed E-state index contributed by atoms with van der Waals surface area (Å²) in [5.74, 6) is -2.01. The molecule has 2 amide bonds. The first-order valence-corrected chi connectivity index (χ1v) is 6.75. The zero-order chi connectivity index (χ0) is 15.4. The number of fused-ring (bicyclic) bond motifs is 2. The second-order valence-corrected chi connectivity index (χ2v) is 5.14. The van der Waals surface area contributed by atoms with E-state index in [1.54, 1.807) is 30.3 Å². The molecule has 0 atom stereocenters. The van der Waals surface area contributed by atoms with Crippen molar-refractivity contribution in [1.82, 2.24) is 4.68 Å². The van der Waals surface area contributed by atoms with Crippen molar-refractivity contribution in [3.05, 3.63) is 69.2 Å². The van der Waals surface area contributed by atoms with Gasteiger partial charge in [-0.3, -0.25) is 9.59 Å². The minimum Gasteiger partial charge on any atom is -0.405 e. The van der Waals surface area contributed by atoms with Gasteiger partial charge in [0.1, 0.15) is 5.52 Å². The smallest absolute Gasteiger partial charge is 0.405 e. The molecule has 6 nitrogen and oxygen atoms in total. The lowest BCUT2D eigenvalue weighted by Crippen LogP contribution is -2.44. The van der Waals surface area contributed by atoms with Crippen LogP contribution in [0.1, 0.15) is 20.7 Å². The molecule has 0 aliphatic carbocycles. The lowest BCUT2D eigenvalue weighted by atomic mass is 10.1. The summed E-state index contributed by atoms with van der Waals surface area (Å²) in [7, 11) is 0. The second kappa shape index (κ2) is 4.32. The Labute approximate surface area is 128 Å². The number of nitrogens with zero attached hydrogens (tertiary/aromatic N) is 2. The standard InChI is InChI=1S/C15H7ClN2O4/c16-10-6-3-7-11-12(10)22-15(21)17(11)18-13(19)8-4-1-2-5-9(8)14(18)20/h1-7H. The van der Waals surface area contributed by atoms with Gasteiger partial charge in [-0.2, -0.15) is 9.69 Å². The molecule has 0 bridgehead atoms. The molecule has 0 saturated carbocycles. The van der Waals surface area contributed by atoms with Crippen LogP contribution in [0.3, 0.4) is 0 Å². The molecule has 1 aliphatic heterocycles. The van der Waals surface area contributed by atoms with Crippen molar-refractivity contribution in [3.63, 3.8) is 0 Å². The van der Waals surface area contributed by atoms with Crippen LogP contribution in [0.4, 0.5) is 0 Å². The normalized spacial score (nSPS) is 14.0. The summed E-state index contributed by atoms with van der Waals surface area (Å²) in [6.07, 6.45) is 0. The molecule has 2 heterocycles. The van der Waals surface area contributed by atoms with Crippen molar-refractivity contribution in [2.24, 2.45) is 0 Å². The molecule has 108 valence electrons. The Bertz CT molecular complexity index is 983. The lowest BCUT2D eigenvalue weighted by molar-refractivity contribution is 0.0884. The van der Waals surface area contributed by atoms with E-state index < -0.39 is 17.6 Å². The molecule has 22 heavy (non-hydrogen) atoms. The Kier molecular flexibility index (Phi) is 2.52. The van der Waals surface area contributed by atoms with Crippen molar-refractivity contribution in [3.8, 4) is 0 Å². The summed E-state index contributed by atoms with van der Waals surface area (Å²) >= 11 is 5.98. The molecule has 1 aromatic heterocycles. The first-order valence-electron chi connectivity index (χ1n) is 6.38. The molecule has 3 aromatic rings. The molecule has 0 fully saturated rings. The molecule has 0 N–H and O–H groups in total. The summed E-state index contributed by atoms with van der Waals surface area (Å²) in [5.41, 5.74) is 0.879. The van der Waals surface area contributed by atoms with Crippen molar-refractivity contribution in [1.29, 1.82) is 0 Å². The van der Waals surface area contributed by atoms with E-state index in [0.29, 0.717) is 0 Å². The number of aromatic nitrogens is 1. The first kappa shape index (κ1) is 12.8. The van der Waals surface area contributed by atoms with Gasteiger partial charge in [0.25, 0.3) is 11.8 Å². The van der Waals surface area contributed by atoms with Gasteiger partial charge in [0, 0.05) is 0 Å². The number of benzene rings is 2. The maximum Gasteiger partial charge on any atom is 0.439 e. The molecule has 0 saturated heterocycles. The Morgan fingerprint density at radius 1 is 0.864 bits per heavy atom. The number of hydrogen-bond donors (Lipinski definition) is 0. The van der Waals surface area contributed by atoms with Crippen LogP contribution in [0, 0.1) is 0 Å². The predicted molar refractivity (Wildman–Crippen MR) is 78.8 cm³/mol. The van der Waals surface area contributed by atoms with E-state index in [1.165, 1.54) is 12.1 Å². The van der Waals surface area contributed by atoms with Gasteiger partial charge in [0.2, 0.25) is 0 Å². The SMILES string of the molecule is O=C1c2ccccc2C(=O)N1n1c(=O)oc2c(Cl)cccc21. The van der Waals surface area contributed by atoms with Crippen LogP contribution >= 0.6 is 11.6 Å². The highest BCUT2D eigenvalue weighted by Crippen LogP contribution is 2.26. The van der Waals surface area contributed by atoms with Crippen molar-refractivity contribution < 1.29 is 14.0 Å². The third-order valence-corrected chi connectivity index (χ3v) is 3.81. The third-order valence-electron chi connectivity index (χ3n) is 3.51. The molecule has 7 heteroatoms. The van der Waals surface area contributed by atoms with Crippen LogP contribution in [0.2, 0.25) is 5.02 Å². The number of hydrogen-bond acceptors (Lipinski definition) is 4. The number of para-hydroxylation sites is 1. The number of carbonyl (C=O) groups is 2. The van der Waals surface area contributed by atoms with Gasteiger partial charge in [0.05, 0.1) is 16.1 Å². The summed E-state index contributed by atoms with van der Waals surface area (Å²) < 4.78 is 5.98. The highest BCUT2D eigenvalue weighted by atomic mass is 35.5. The molecule has 2 aromatic carbocycles. The Hall–Kier alpha value is -2.86. The summed E-state index contributed by atoms with van der Waals surface area (Å²) in [6.45, 7) is 0. The van der Waals surface area contributed by atoms with Crippen LogP contribution in [0.25, 0.3) is 11.1 Å². The van der Waals surface area contributed by atoms with Gasteiger partial charge in [-0.05, 0) is 24.3 Å². The van der Waals surface area contributed by atoms with E-state index >= 15 is 0 Å². The highest BCUT2D eigenvalue weighted by molar-refractivity contribution is 6.35. The van der Waals surface area contributed by atoms with Crippen LogP contribution in [-0.4, -0.2) is 16.5 Å². The van der Waals surface area contributed by atoms with E-state index in [4.69, 9.17) is 16.0 Å². The minimum absolute atomic E-state index is 0.130. The quantitative estimate of drug-likeness (QED) is 0.645. The zero-order valence-corrected chi connectivity index (χ0v) is 11.7. The average molecular weight is 315 g/mol. The number of oxazole rings is 1. The van der Waals surface area contributed by atoms with Gasteiger partial charge in [-0.1, -0.05) is 29.8 Å². The van der Waals surface area contributed by atoms with Crippen molar-refractivity contribution in [2.75, 3.05) is 5.01 Å².